The Balaban J connectivity index is 2.87. The van der Waals surface area contributed by atoms with Crippen molar-refractivity contribution in [1.29, 1.82) is 0 Å². The van der Waals surface area contributed by atoms with Crippen LogP contribution in [0.25, 0.3) is 0 Å². The Labute approximate surface area is 109 Å². The first kappa shape index (κ1) is 14.5. The molecular weight excluding hydrogens is 224 g/mol. The van der Waals surface area contributed by atoms with E-state index >= 15 is 0 Å². The van der Waals surface area contributed by atoms with Crippen molar-refractivity contribution in [1.82, 2.24) is 10.2 Å². The Kier molecular flexibility index (Phi) is 5.59. The number of carbonyl (C=O) groups excluding carboxylic acids is 1. The average molecular weight is 246 g/mol. The third-order valence-electron chi connectivity index (χ3n) is 2.75. The molecule has 3 nitrogen and oxygen atoms in total. The molecule has 0 unspecified atom stereocenters. The molecule has 0 saturated heterocycles. The van der Waals surface area contributed by atoms with E-state index in [4.69, 9.17) is 0 Å². The van der Waals surface area contributed by atoms with Gasteiger partial charge in [-0.25, -0.2) is 0 Å². The molecule has 1 N–H and O–H groups in total. The van der Waals surface area contributed by atoms with Crippen LogP contribution in [0.3, 0.4) is 0 Å². The summed E-state index contributed by atoms with van der Waals surface area (Å²) in [7, 11) is 3.73. The Morgan fingerprint density at radius 3 is 2.67 bits per heavy atom. The molecule has 0 aliphatic heterocycles. The SMILES string of the molecule is C=C(C)CN(C)C(=O)c1ccccc1CCNC. The molecule has 1 rings (SSSR count). The van der Waals surface area contributed by atoms with Gasteiger partial charge in [-0.05, 0) is 38.6 Å². The maximum absolute atomic E-state index is 12.3. The fraction of sp³-hybridized carbons (Fsp3) is 0.400. The summed E-state index contributed by atoms with van der Waals surface area (Å²) in [6, 6.07) is 7.78. The number of likely N-dealkylation sites (N-methyl/N-ethyl adjacent to an activating group) is 2. The van der Waals surface area contributed by atoms with Crippen LogP contribution in [0.15, 0.2) is 36.4 Å². The van der Waals surface area contributed by atoms with E-state index in [-0.39, 0.29) is 5.91 Å². The summed E-state index contributed by atoms with van der Waals surface area (Å²) in [6.07, 6.45) is 0.860. The zero-order valence-electron chi connectivity index (χ0n) is 11.5. The lowest BCUT2D eigenvalue weighted by Crippen LogP contribution is -2.29. The zero-order valence-corrected chi connectivity index (χ0v) is 11.5. The van der Waals surface area contributed by atoms with Gasteiger partial charge in [0.1, 0.15) is 0 Å². The third-order valence-corrected chi connectivity index (χ3v) is 2.75. The molecule has 98 valence electrons. The van der Waals surface area contributed by atoms with Crippen molar-refractivity contribution in [2.75, 3.05) is 27.2 Å². The highest BCUT2D eigenvalue weighted by atomic mass is 16.2. The van der Waals surface area contributed by atoms with Crippen molar-refractivity contribution in [3.63, 3.8) is 0 Å². The lowest BCUT2D eigenvalue weighted by atomic mass is 10.0. The summed E-state index contributed by atoms with van der Waals surface area (Å²) >= 11 is 0. The van der Waals surface area contributed by atoms with Crippen LogP contribution in [0, 0.1) is 0 Å². The average Bonchev–Trinajstić information content (AvgIpc) is 2.35. The van der Waals surface area contributed by atoms with Crippen LogP contribution in [0.2, 0.25) is 0 Å². The van der Waals surface area contributed by atoms with Crippen molar-refractivity contribution in [2.24, 2.45) is 0 Å². The normalized spacial score (nSPS) is 10.2. The van der Waals surface area contributed by atoms with E-state index in [1.807, 2.05) is 45.3 Å². The molecule has 0 fully saturated rings. The maximum atomic E-state index is 12.3. The monoisotopic (exact) mass is 246 g/mol. The second kappa shape index (κ2) is 6.97. The topological polar surface area (TPSA) is 32.3 Å². The largest absolute Gasteiger partial charge is 0.338 e. The van der Waals surface area contributed by atoms with Crippen LogP contribution in [0.1, 0.15) is 22.8 Å². The molecule has 0 spiro atoms. The van der Waals surface area contributed by atoms with Crippen molar-refractivity contribution >= 4 is 5.91 Å². The fourth-order valence-electron chi connectivity index (χ4n) is 1.89. The highest BCUT2D eigenvalue weighted by Crippen LogP contribution is 2.12. The van der Waals surface area contributed by atoms with Crippen LogP contribution < -0.4 is 5.32 Å². The van der Waals surface area contributed by atoms with Gasteiger partial charge in [-0.2, -0.15) is 0 Å². The highest BCUT2D eigenvalue weighted by molar-refractivity contribution is 5.95. The van der Waals surface area contributed by atoms with Crippen LogP contribution in [-0.2, 0) is 6.42 Å². The van der Waals surface area contributed by atoms with Gasteiger partial charge in [0.25, 0.3) is 5.91 Å². The minimum atomic E-state index is 0.0599. The first-order valence-corrected chi connectivity index (χ1v) is 6.18. The van der Waals surface area contributed by atoms with Gasteiger partial charge < -0.3 is 10.2 Å². The molecule has 0 bridgehead atoms. The Bertz CT molecular complexity index is 426. The molecule has 0 aliphatic rings. The van der Waals surface area contributed by atoms with Gasteiger partial charge in [0, 0.05) is 19.2 Å². The van der Waals surface area contributed by atoms with Gasteiger partial charge in [-0.1, -0.05) is 30.4 Å². The van der Waals surface area contributed by atoms with E-state index < -0.39 is 0 Å². The quantitative estimate of drug-likeness (QED) is 0.780. The third kappa shape index (κ3) is 4.00. The lowest BCUT2D eigenvalue weighted by molar-refractivity contribution is 0.0806. The van der Waals surface area contributed by atoms with Crippen molar-refractivity contribution in [2.45, 2.75) is 13.3 Å². The second-order valence-electron chi connectivity index (χ2n) is 4.63. The van der Waals surface area contributed by atoms with Crippen molar-refractivity contribution < 1.29 is 4.79 Å². The number of amides is 1. The number of benzene rings is 1. The second-order valence-corrected chi connectivity index (χ2v) is 4.63. The number of carbonyl (C=O) groups is 1. The maximum Gasteiger partial charge on any atom is 0.254 e. The smallest absolute Gasteiger partial charge is 0.254 e. The molecule has 3 heteroatoms. The van der Waals surface area contributed by atoms with Crippen LogP contribution in [0.5, 0.6) is 0 Å². The zero-order chi connectivity index (χ0) is 13.5. The van der Waals surface area contributed by atoms with E-state index in [0.29, 0.717) is 6.54 Å². The van der Waals surface area contributed by atoms with Gasteiger partial charge in [-0.15, -0.1) is 0 Å². The molecule has 1 amide bonds. The first-order chi connectivity index (χ1) is 8.56. The Morgan fingerprint density at radius 1 is 1.39 bits per heavy atom. The van der Waals surface area contributed by atoms with E-state index in [9.17, 15) is 4.79 Å². The molecule has 0 heterocycles. The number of nitrogens with one attached hydrogen (secondary N) is 1. The summed E-state index contributed by atoms with van der Waals surface area (Å²) in [5.74, 6) is 0.0599. The summed E-state index contributed by atoms with van der Waals surface area (Å²) in [5.41, 5.74) is 2.86. The van der Waals surface area contributed by atoms with Gasteiger partial charge in [0.15, 0.2) is 0 Å². The predicted molar refractivity (Wildman–Crippen MR) is 75.8 cm³/mol. The van der Waals surface area contributed by atoms with Gasteiger partial charge >= 0.3 is 0 Å². The minimum absolute atomic E-state index is 0.0599. The summed E-state index contributed by atoms with van der Waals surface area (Å²) in [4.78, 5) is 14.0. The number of hydrogen-bond acceptors (Lipinski definition) is 2. The van der Waals surface area contributed by atoms with E-state index in [1.165, 1.54) is 0 Å². The van der Waals surface area contributed by atoms with E-state index in [0.717, 1.165) is 29.7 Å². The molecular formula is C15H22N2O. The van der Waals surface area contributed by atoms with Gasteiger partial charge in [0.05, 0.1) is 0 Å². The lowest BCUT2D eigenvalue weighted by Gasteiger charge is -2.19. The first-order valence-electron chi connectivity index (χ1n) is 6.18. The van der Waals surface area contributed by atoms with Gasteiger partial charge in [0.2, 0.25) is 0 Å². The molecule has 0 radical (unpaired) electrons. The summed E-state index contributed by atoms with van der Waals surface area (Å²) < 4.78 is 0. The summed E-state index contributed by atoms with van der Waals surface area (Å²) in [5, 5.41) is 3.10. The molecule has 0 aliphatic carbocycles. The molecule has 1 aromatic carbocycles. The summed E-state index contributed by atoms with van der Waals surface area (Å²) in [6.45, 7) is 7.23. The number of hydrogen-bond donors (Lipinski definition) is 1. The molecule has 0 atom stereocenters. The van der Waals surface area contributed by atoms with Crippen LogP contribution in [0.4, 0.5) is 0 Å². The molecule has 1 aromatic rings. The fourth-order valence-corrected chi connectivity index (χ4v) is 1.89. The van der Waals surface area contributed by atoms with Gasteiger partial charge in [-0.3, -0.25) is 4.79 Å². The molecule has 0 aromatic heterocycles. The Hall–Kier alpha value is -1.61. The number of nitrogens with zero attached hydrogens (tertiary/aromatic N) is 1. The van der Waals surface area contributed by atoms with Crippen LogP contribution in [-0.4, -0.2) is 38.0 Å². The predicted octanol–water partition coefficient (Wildman–Crippen LogP) is 2.10. The van der Waals surface area contributed by atoms with Crippen molar-refractivity contribution in [3.8, 4) is 0 Å². The van der Waals surface area contributed by atoms with Crippen LogP contribution >= 0.6 is 0 Å². The van der Waals surface area contributed by atoms with E-state index in [1.54, 1.807) is 4.90 Å². The molecule has 18 heavy (non-hydrogen) atoms. The van der Waals surface area contributed by atoms with E-state index in [2.05, 4.69) is 11.9 Å². The standard InChI is InChI=1S/C15H22N2O/c1-12(2)11-17(4)15(18)14-8-6-5-7-13(14)9-10-16-3/h5-8,16H,1,9-11H2,2-4H3. The number of rotatable bonds is 6. The minimum Gasteiger partial charge on any atom is -0.338 e. The van der Waals surface area contributed by atoms with Crippen molar-refractivity contribution in [3.05, 3.63) is 47.5 Å². The Morgan fingerprint density at radius 2 is 2.06 bits per heavy atom. The molecule has 0 saturated carbocycles. The highest BCUT2D eigenvalue weighted by Gasteiger charge is 2.14.